The van der Waals surface area contributed by atoms with Crippen LogP contribution in [-0.4, -0.2) is 46.1 Å². The van der Waals surface area contributed by atoms with Crippen molar-refractivity contribution in [1.29, 1.82) is 0 Å². The van der Waals surface area contributed by atoms with E-state index in [1.54, 1.807) is 24.0 Å². The number of rotatable bonds is 4. The number of hydrogen-bond acceptors (Lipinski definition) is 4. The summed E-state index contributed by atoms with van der Waals surface area (Å²) in [5.74, 6) is -0.688. The van der Waals surface area contributed by atoms with E-state index in [0.717, 1.165) is 0 Å². The number of aromatic nitrogens is 1. The van der Waals surface area contributed by atoms with Gasteiger partial charge in [0, 0.05) is 13.0 Å². The van der Waals surface area contributed by atoms with Crippen LogP contribution in [0.1, 0.15) is 33.0 Å². The minimum Gasteiger partial charge on any atom is -0.487 e. The molecule has 7 heteroatoms. The van der Waals surface area contributed by atoms with Gasteiger partial charge in [0.2, 0.25) is 0 Å². The summed E-state index contributed by atoms with van der Waals surface area (Å²) in [4.78, 5) is 29.4. The van der Waals surface area contributed by atoms with Crippen LogP contribution >= 0.6 is 11.6 Å². The number of benzene rings is 1. The Morgan fingerprint density at radius 3 is 2.72 bits per heavy atom. The molecule has 2 heterocycles. The van der Waals surface area contributed by atoms with E-state index in [9.17, 15) is 9.59 Å². The summed E-state index contributed by atoms with van der Waals surface area (Å²) >= 11 is 6.09. The maximum Gasteiger partial charge on any atom is 0.337 e. The number of likely N-dealkylation sites (tertiary alicyclic amines) is 1. The minimum atomic E-state index is -1.06. The second kappa shape index (κ2) is 7.11. The van der Waals surface area contributed by atoms with E-state index in [0.29, 0.717) is 36.0 Å². The van der Waals surface area contributed by atoms with E-state index in [4.69, 9.17) is 21.4 Å². The van der Waals surface area contributed by atoms with Crippen molar-refractivity contribution in [2.24, 2.45) is 0 Å². The van der Waals surface area contributed by atoms with Crippen LogP contribution in [0.3, 0.4) is 0 Å². The van der Waals surface area contributed by atoms with Crippen LogP contribution in [0.4, 0.5) is 0 Å². The van der Waals surface area contributed by atoms with Crippen LogP contribution in [0.15, 0.2) is 36.4 Å². The summed E-state index contributed by atoms with van der Waals surface area (Å²) in [5, 5.41) is 9.58. The number of ether oxygens (including phenoxy) is 1. The zero-order valence-electron chi connectivity index (χ0n) is 13.6. The Bertz CT molecular complexity index is 824. The molecule has 2 aromatic rings. The molecule has 1 aromatic heterocycles. The molecule has 3 rings (SSSR count). The molecule has 0 spiro atoms. The van der Waals surface area contributed by atoms with Gasteiger partial charge in [0.15, 0.2) is 0 Å². The normalized spacial score (nSPS) is 16.7. The maximum absolute atomic E-state index is 12.6. The summed E-state index contributed by atoms with van der Waals surface area (Å²) in [7, 11) is 0. The Hall–Kier alpha value is -2.60. The average Bonchev–Trinajstić information content (AvgIpc) is 3.04. The van der Waals surface area contributed by atoms with Gasteiger partial charge in [-0.1, -0.05) is 23.7 Å². The molecule has 1 N–H and O–H groups in total. The van der Waals surface area contributed by atoms with Gasteiger partial charge >= 0.3 is 5.97 Å². The SMILES string of the molecule is Cc1nc(C(=O)N2CCC(Oc3ccccc3Cl)C2)ccc1C(=O)O. The molecule has 0 saturated carbocycles. The highest BCUT2D eigenvalue weighted by Crippen LogP contribution is 2.26. The van der Waals surface area contributed by atoms with Gasteiger partial charge in [-0.25, -0.2) is 9.78 Å². The van der Waals surface area contributed by atoms with Crippen LogP contribution in [-0.2, 0) is 0 Å². The number of pyridine rings is 1. The van der Waals surface area contributed by atoms with Crippen molar-refractivity contribution in [2.45, 2.75) is 19.4 Å². The van der Waals surface area contributed by atoms with E-state index in [1.165, 1.54) is 12.1 Å². The highest BCUT2D eigenvalue weighted by molar-refractivity contribution is 6.32. The first-order chi connectivity index (χ1) is 12.0. The number of aromatic carboxylic acids is 1. The number of carbonyl (C=O) groups excluding carboxylic acids is 1. The number of carboxylic acids is 1. The van der Waals surface area contributed by atoms with Crippen molar-refractivity contribution < 1.29 is 19.4 Å². The smallest absolute Gasteiger partial charge is 0.337 e. The summed E-state index contributed by atoms with van der Waals surface area (Å²) in [5.41, 5.74) is 0.653. The molecule has 1 saturated heterocycles. The number of carbonyl (C=O) groups is 2. The molecule has 0 aliphatic carbocycles. The quantitative estimate of drug-likeness (QED) is 0.906. The molecule has 1 atom stereocenters. The third-order valence-corrected chi connectivity index (χ3v) is 4.41. The molecular weight excluding hydrogens is 344 g/mol. The van der Waals surface area contributed by atoms with Gasteiger partial charge < -0.3 is 14.7 Å². The van der Waals surface area contributed by atoms with Crippen molar-refractivity contribution in [3.05, 3.63) is 58.4 Å². The Balaban J connectivity index is 1.67. The number of halogens is 1. The monoisotopic (exact) mass is 360 g/mol. The van der Waals surface area contributed by atoms with Gasteiger partial charge in [-0.2, -0.15) is 0 Å². The van der Waals surface area contributed by atoms with Gasteiger partial charge in [-0.15, -0.1) is 0 Å². The van der Waals surface area contributed by atoms with Crippen molar-refractivity contribution >= 4 is 23.5 Å². The number of aryl methyl sites for hydroxylation is 1. The predicted octanol–water partition coefficient (Wildman–Crippen LogP) is 3.04. The zero-order chi connectivity index (χ0) is 18.0. The molecule has 1 aliphatic rings. The number of amides is 1. The second-order valence-electron chi connectivity index (χ2n) is 5.84. The molecular formula is C18H17ClN2O4. The Kier molecular flexibility index (Phi) is 4.90. The van der Waals surface area contributed by atoms with Gasteiger partial charge in [-0.05, 0) is 31.2 Å². The van der Waals surface area contributed by atoms with Gasteiger partial charge in [0.25, 0.3) is 5.91 Å². The minimum absolute atomic E-state index is 0.0953. The topological polar surface area (TPSA) is 79.7 Å². The van der Waals surface area contributed by atoms with Crippen molar-refractivity contribution in [1.82, 2.24) is 9.88 Å². The Morgan fingerprint density at radius 2 is 2.04 bits per heavy atom. The first-order valence-corrected chi connectivity index (χ1v) is 8.25. The third-order valence-electron chi connectivity index (χ3n) is 4.10. The number of carboxylic acid groups (broad SMARTS) is 1. The van der Waals surface area contributed by atoms with Crippen LogP contribution in [0, 0.1) is 6.92 Å². The molecule has 1 aliphatic heterocycles. The Labute approximate surface area is 150 Å². The fraction of sp³-hybridized carbons (Fsp3) is 0.278. The molecule has 1 amide bonds. The highest BCUT2D eigenvalue weighted by Gasteiger charge is 2.29. The van der Waals surface area contributed by atoms with Crippen molar-refractivity contribution in [3.63, 3.8) is 0 Å². The average molecular weight is 361 g/mol. The predicted molar refractivity (Wildman–Crippen MR) is 92.3 cm³/mol. The van der Waals surface area contributed by atoms with E-state index in [1.807, 2.05) is 12.1 Å². The lowest BCUT2D eigenvalue weighted by molar-refractivity contribution is 0.0692. The van der Waals surface area contributed by atoms with Gasteiger partial charge in [-0.3, -0.25) is 4.79 Å². The second-order valence-corrected chi connectivity index (χ2v) is 6.25. The zero-order valence-corrected chi connectivity index (χ0v) is 14.4. The molecule has 0 radical (unpaired) electrons. The lowest BCUT2D eigenvalue weighted by atomic mass is 10.2. The first kappa shape index (κ1) is 17.2. The van der Waals surface area contributed by atoms with Crippen molar-refractivity contribution in [3.8, 4) is 5.75 Å². The largest absolute Gasteiger partial charge is 0.487 e. The molecule has 0 bridgehead atoms. The molecule has 6 nitrogen and oxygen atoms in total. The summed E-state index contributed by atoms with van der Waals surface area (Å²) in [6.07, 6.45) is 0.562. The summed E-state index contributed by atoms with van der Waals surface area (Å²) < 4.78 is 5.87. The highest BCUT2D eigenvalue weighted by atomic mass is 35.5. The number of nitrogens with zero attached hydrogens (tertiary/aromatic N) is 2. The molecule has 1 aromatic carbocycles. The summed E-state index contributed by atoms with van der Waals surface area (Å²) in [6.45, 7) is 2.56. The number of hydrogen-bond donors (Lipinski definition) is 1. The van der Waals surface area contributed by atoms with E-state index >= 15 is 0 Å². The molecule has 1 unspecified atom stereocenters. The molecule has 130 valence electrons. The van der Waals surface area contributed by atoms with E-state index < -0.39 is 5.97 Å². The van der Waals surface area contributed by atoms with Crippen LogP contribution in [0.2, 0.25) is 5.02 Å². The van der Waals surface area contributed by atoms with Gasteiger partial charge in [0.1, 0.15) is 17.5 Å². The third kappa shape index (κ3) is 3.74. The molecule has 1 fully saturated rings. The number of para-hydroxylation sites is 1. The van der Waals surface area contributed by atoms with E-state index in [-0.39, 0.29) is 23.3 Å². The first-order valence-electron chi connectivity index (χ1n) is 7.87. The molecule has 25 heavy (non-hydrogen) atoms. The standard InChI is InChI=1S/C18H17ClN2O4/c1-11-13(18(23)24)6-7-15(20-11)17(22)21-9-8-12(10-21)25-16-5-3-2-4-14(16)19/h2-7,12H,8-10H2,1H3,(H,23,24). The van der Waals surface area contributed by atoms with Crippen molar-refractivity contribution in [2.75, 3.05) is 13.1 Å². The van der Waals surface area contributed by atoms with Crippen LogP contribution in [0.25, 0.3) is 0 Å². The summed E-state index contributed by atoms with van der Waals surface area (Å²) in [6, 6.07) is 10.1. The fourth-order valence-electron chi connectivity index (χ4n) is 2.80. The van der Waals surface area contributed by atoms with Crippen LogP contribution in [0.5, 0.6) is 5.75 Å². The van der Waals surface area contributed by atoms with Gasteiger partial charge in [0.05, 0.1) is 22.8 Å². The lowest BCUT2D eigenvalue weighted by Crippen LogP contribution is -2.31. The Morgan fingerprint density at radius 1 is 1.28 bits per heavy atom. The van der Waals surface area contributed by atoms with Crippen LogP contribution < -0.4 is 4.74 Å². The fourth-order valence-corrected chi connectivity index (χ4v) is 2.98. The maximum atomic E-state index is 12.6. The lowest BCUT2D eigenvalue weighted by Gasteiger charge is -2.17. The van der Waals surface area contributed by atoms with E-state index in [2.05, 4.69) is 4.98 Å².